The van der Waals surface area contributed by atoms with Crippen LogP contribution < -0.4 is 10.6 Å². The van der Waals surface area contributed by atoms with E-state index >= 15 is 0 Å². The van der Waals surface area contributed by atoms with Gasteiger partial charge < -0.3 is 15.5 Å². The fourth-order valence-corrected chi connectivity index (χ4v) is 3.82. The molecule has 0 aliphatic carbocycles. The average molecular weight is 403 g/mol. The van der Waals surface area contributed by atoms with E-state index in [9.17, 15) is 14.4 Å². The molecule has 7 nitrogen and oxygen atoms in total. The lowest BCUT2D eigenvalue weighted by atomic mass is 10.0. The smallest absolute Gasteiger partial charge is 0.240 e. The monoisotopic (exact) mass is 402 g/mol. The molecule has 1 aromatic heterocycles. The van der Waals surface area contributed by atoms with Crippen molar-refractivity contribution in [3.05, 3.63) is 35.0 Å². The van der Waals surface area contributed by atoms with Crippen LogP contribution in [0, 0.1) is 0 Å². The highest BCUT2D eigenvalue weighted by Crippen LogP contribution is 2.35. The number of Topliss-reactive ketones (excluding diaryl/α,β-unsaturated/α-hetero) is 2. The zero-order chi connectivity index (χ0) is 20.4. The van der Waals surface area contributed by atoms with Gasteiger partial charge in [-0.2, -0.15) is 0 Å². The lowest BCUT2D eigenvalue weighted by molar-refractivity contribution is -0.134. The van der Waals surface area contributed by atoms with Crippen molar-refractivity contribution in [2.45, 2.75) is 26.3 Å². The molecule has 8 heteroatoms. The number of pyridine rings is 1. The first-order valence-corrected chi connectivity index (χ1v) is 9.54. The van der Waals surface area contributed by atoms with E-state index in [0.29, 0.717) is 42.3 Å². The van der Waals surface area contributed by atoms with E-state index in [2.05, 4.69) is 9.88 Å². The minimum absolute atomic E-state index is 0.0409. The van der Waals surface area contributed by atoms with E-state index in [1.807, 2.05) is 6.07 Å². The van der Waals surface area contributed by atoms with E-state index in [1.165, 1.54) is 13.8 Å². The molecule has 3 rings (SSSR count). The number of hydrogen-bond donors (Lipinski definition) is 1. The average Bonchev–Trinajstić information content (AvgIpc) is 2.67. The quantitative estimate of drug-likeness (QED) is 0.769. The van der Waals surface area contributed by atoms with Crippen LogP contribution in [0.5, 0.6) is 0 Å². The van der Waals surface area contributed by atoms with Crippen LogP contribution in [0.3, 0.4) is 0 Å². The predicted octanol–water partition coefficient (Wildman–Crippen LogP) is 2.05. The Morgan fingerprint density at radius 2 is 1.89 bits per heavy atom. The molecule has 2 N–H and O–H groups in total. The van der Waals surface area contributed by atoms with E-state index in [-0.39, 0.29) is 23.9 Å². The zero-order valence-electron chi connectivity index (χ0n) is 15.9. The fourth-order valence-electron chi connectivity index (χ4n) is 3.56. The SMILES string of the molecule is CC(=O)CC(N)C(=O)N1CCN(c2c(C(C)=O)cc(Cl)c3cccnc23)CC1. The van der Waals surface area contributed by atoms with Gasteiger partial charge in [0.1, 0.15) is 5.78 Å². The molecule has 1 aliphatic heterocycles. The number of ketones is 2. The summed E-state index contributed by atoms with van der Waals surface area (Å²) in [5, 5.41) is 1.27. The summed E-state index contributed by atoms with van der Waals surface area (Å²) in [6.45, 7) is 4.91. The number of halogens is 1. The van der Waals surface area contributed by atoms with Gasteiger partial charge in [-0.3, -0.25) is 19.4 Å². The fraction of sp³-hybridized carbons (Fsp3) is 0.400. The van der Waals surface area contributed by atoms with Gasteiger partial charge in [0.15, 0.2) is 5.78 Å². The number of nitrogens with zero attached hydrogens (tertiary/aromatic N) is 3. The number of hydrogen-bond acceptors (Lipinski definition) is 6. The molecule has 0 bridgehead atoms. The number of anilines is 1. The lowest BCUT2D eigenvalue weighted by Gasteiger charge is -2.38. The molecular formula is C20H23ClN4O3. The molecule has 2 heterocycles. The summed E-state index contributed by atoms with van der Waals surface area (Å²) in [4.78, 5) is 44.1. The van der Waals surface area contributed by atoms with Gasteiger partial charge in [0, 0.05) is 49.7 Å². The highest BCUT2D eigenvalue weighted by atomic mass is 35.5. The summed E-state index contributed by atoms with van der Waals surface area (Å²) >= 11 is 6.35. The highest BCUT2D eigenvalue weighted by Gasteiger charge is 2.28. The number of carbonyl (C=O) groups excluding carboxylic acids is 3. The summed E-state index contributed by atoms with van der Waals surface area (Å²) in [5.74, 6) is -0.420. The van der Waals surface area contributed by atoms with Crippen molar-refractivity contribution in [2.75, 3.05) is 31.1 Å². The van der Waals surface area contributed by atoms with Crippen LogP contribution >= 0.6 is 11.6 Å². The van der Waals surface area contributed by atoms with Crippen molar-refractivity contribution in [3.8, 4) is 0 Å². The van der Waals surface area contributed by atoms with Crippen LogP contribution in [0.15, 0.2) is 24.4 Å². The molecule has 1 aliphatic rings. The minimum Gasteiger partial charge on any atom is -0.366 e. The molecule has 148 valence electrons. The Morgan fingerprint density at radius 3 is 2.50 bits per heavy atom. The third kappa shape index (κ3) is 4.00. The summed E-state index contributed by atoms with van der Waals surface area (Å²) in [6.07, 6.45) is 1.71. The van der Waals surface area contributed by atoms with Gasteiger partial charge in [0.25, 0.3) is 0 Å². The summed E-state index contributed by atoms with van der Waals surface area (Å²) in [6, 6.07) is 4.55. The van der Waals surface area contributed by atoms with Gasteiger partial charge >= 0.3 is 0 Å². The van der Waals surface area contributed by atoms with E-state index < -0.39 is 6.04 Å². The topological polar surface area (TPSA) is 96.6 Å². The Balaban J connectivity index is 1.86. The Morgan fingerprint density at radius 1 is 1.21 bits per heavy atom. The molecule has 2 aromatic rings. The molecule has 0 spiro atoms. The molecule has 28 heavy (non-hydrogen) atoms. The Kier molecular flexibility index (Phi) is 5.96. The standard InChI is InChI=1S/C20H23ClN4O3/c1-12(26)10-17(22)20(28)25-8-6-24(7-9-25)19-15(13(2)27)11-16(21)14-4-3-5-23-18(14)19/h3-5,11,17H,6-10,22H2,1-2H3. The maximum absolute atomic E-state index is 12.5. The third-order valence-electron chi connectivity index (χ3n) is 4.93. The van der Waals surface area contributed by atoms with Crippen LogP contribution in [-0.2, 0) is 9.59 Å². The van der Waals surface area contributed by atoms with Gasteiger partial charge in [0.05, 0.1) is 22.3 Å². The van der Waals surface area contributed by atoms with Crippen LogP contribution in [0.1, 0.15) is 30.6 Å². The molecule has 0 saturated carbocycles. The van der Waals surface area contributed by atoms with E-state index in [1.54, 1.807) is 23.2 Å². The number of nitrogens with two attached hydrogens (primary N) is 1. The number of aromatic nitrogens is 1. The molecule has 1 aromatic carbocycles. The second-order valence-electron chi connectivity index (χ2n) is 7.04. The van der Waals surface area contributed by atoms with E-state index in [0.717, 1.165) is 11.1 Å². The largest absolute Gasteiger partial charge is 0.366 e. The Labute approximate surface area is 168 Å². The second-order valence-corrected chi connectivity index (χ2v) is 7.44. The summed E-state index contributed by atoms with van der Waals surface area (Å²) in [7, 11) is 0. The van der Waals surface area contributed by atoms with Crippen molar-refractivity contribution < 1.29 is 14.4 Å². The van der Waals surface area contributed by atoms with Crippen molar-refractivity contribution >= 4 is 45.7 Å². The van der Waals surface area contributed by atoms with Gasteiger partial charge in [-0.15, -0.1) is 0 Å². The van der Waals surface area contributed by atoms with Crippen molar-refractivity contribution in [3.63, 3.8) is 0 Å². The maximum Gasteiger partial charge on any atom is 0.240 e. The number of rotatable bonds is 5. The Hall–Kier alpha value is -2.51. The molecular weight excluding hydrogens is 380 g/mol. The number of benzene rings is 1. The molecule has 1 atom stereocenters. The van der Waals surface area contributed by atoms with Crippen LogP contribution in [0.25, 0.3) is 10.9 Å². The number of fused-ring (bicyclic) bond motifs is 1. The molecule has 1 unspecified atom stereocenters. The van der Waals surface area contributed by atoms with Crippen molar-refractivity contribution in [2.24, 2.45) is 5.73 Å². The maximum atomic E-state index is 12.5. The molecule has 1 saturated heterocycles. The van der Waals surface area contributed by atoms with Gasteiger partial charge in [-0.25, -0.2) is 0 Å². The zero-order valence-corrected chi connectivity index (χ0v) is 16.7. The van der Waals surface area contributed by atoms with Crippen LogP contribution in [0.4, 0.5) is 5.69 Å². The highest BCUT2D eigenvalue weighted by molar-refractivity contribution is 6.36. The molecule has 0 radical (unpaired) electrons. The van der Waals surface area contributed by atoms with Crippen LogP contribution in [-0.4, -0.2) is 59.6 Å². The van der Waals surface area contributed by atoms with Gasteiger partial charge in [0.2, 0.25) is 5.91 Å². The van der Waals surface area contributed by atoms with Crippen molar-refractivity contribution in [1.82, 2.24) is 9.88 Å². The number of amides is 1. The number of piperazine rings is 1. The van der Waals surface area contributed by atoms with E-state index in [4.69, 9.17) is 17.3 Å². The molecule has 1 amide bonds. The second kappa shape index (κ2) is 8.24. The first kappa shape index (κ1) is 20.2. The first-order chi connectivity index (χ1) is 13.3. The lowest BCUT2D eigenvalue weighted by Crippen LogP contribution is -2.53. The normalized spacial score (nSPS) is 15.6. The van der Waals surface area contributed by atoms with Crippen LogP contribution in [0.2, 0.25) is 5.02 Å². The van der Waals surface area contributed by atoms with Gasteiger partial charge in [-0.1, -0.05) is 11.6 Å². The summed E-state index contributed by atoms with van der Waals surface area (Å²) in [5.41, 5.74) is 7.79. The first-order valence-electron chi connectivity index (χ1n) is 9.16. The third-order valence-corrected chi connectivity index (χ3v) is 5.24. The number of carbonyl (C=O) groups is 3. The Bertz CT molecular complexity index is 938. The minimum atomic E-state index is -0.810. The van der Waals surface area contributed by atoms with Crippen molar-refractivity contribution in [1.29, 1.82) is 0 Å². The molecule has 1 fully saturated rings. The van der Waals surface area contributed by atoms with Gasteiger partial charge in [-0.05, 0) is 32.0 Å². The summed E-state index contributed by atoms with van der Waals surface area (Å²) < 4.78 is 0. The predicted molar refractivity (Wildman–Crippen MR) is 109 cm³/mol.